The van der Waals surface area contributed by atoms with E-state index >= 15 is 0 Å². The Morgan fingerprint density at radius 3 is 2.15 bits per heavy atom. The molecule has 0 aromatic rings. The summed E-state index contributed by atoms with van der Waals surface area (Å²) < 4.78 is 0. The largest absolute Gasteiger partial charge is 0.396 e. The van der Waals surface area contributed by atoms with Gasteiger partial charge in [0.05, 0.1) is 25.4 Å². The smallest absolute Gasteiger partial charge is 0.0902 e. The molecule has 4 fully saturated rings. The number of fused-ring (bicyclic) bond motifs is 5. The van der Waals surface area contributed by atoms with E-state index in [1.54, 1.807) is 5.57 Å². The molecule has 188 valence electrons. The van der Waals surface area contributed by atoms with Crippen molar-refractivity contribution in [3.63, 3.8) is 0 Å². The maximum absolute atomic E-state index is 11.0. The van der Waals surface area contributed by atoms with Crippen LogP contribution in [0.2, 0.25) is 0 Å². The summed E-state index contributed by atoms with van der Waals surface area (Å²) in [5.74, 6) is 0.395. The first-order valence-electron chi connectivity index (χ1n) is 13.6. The third-order valence-corrected chi connectivity index (χ3v) is 12.7. The molecule has 0 saturated heterocycles. The van der Waals surface area contributed by atoms with Crippen molar-refractivity contribution >= 4 is 0 Å². The van der Waals surface area contributed by atoms with E-state index in [9.17, 15) is 20.4 Å². The first-order chi connectivity index (χ1) is 15.3. The SMILES string of the molecule is CC1(C)CCC2(CCC3(C)C(=CCC4C5(C)CC(O)C(O)C(CO)(CO)C5CCC43C)C2)C1. The van der Waals surface area contributed by atoms with Crippen molar-refractivity contribution in [3.05, 3.63) is 11.6 Å². The van der Waals surface area contributed by atoms with Crippen LogP contribution in [0.1, 0.15) is 98.8 Å². The molecule has 0 amide bonds. The van der Waals surface area contributed by atoms with Crippen LogP contribution in [0.25, 0.3) is 0 Å². The summed E-state index contributed by atoms with van der Waals surface area (Å²) in [6.45, 7) is 11.7. The molecule has 5 aliphatic rings. The quantitative estimate of drug-likeness (QED) is 0.445. The summed E-state index contributed by atoms with van der Waals surface area (Å²) in [6, 6.07) is 0. The van der Waals surface area contributed by atoms with Crippen molar-refractivity contribution < 1.29 is 20.4 Å². The first-order valence-corrected chi connectivity index (χ1v) is 13.6. The lowest BCUT2D eigenvalue weighted by molar-refractivity contribution is -0.255. The molecule has 0 radical (unpaired) electrons. The molecule has 4 heteroatoms. The van der Waals surface area contributed by atoms with Crippen LogP contribution in [0.5, 0.6) is 0 Å². The van der Waals surface area contributed by atoms with Crippen LogP contribution in [0.3, 0.4) is 0 Å². The first kappa shape index (κ1) is 24.3. The summed E-state index contributed by atoms with van der Waals surface area (Å²) in [5, 5.41) is 42.7. The second kappa shape index (κ2) is 7.31. The molecule has 5 aliphatic carbocycles. The second-order valence-electron chi connectivity index (χ2n) is 14.6. The predicted octanol–water partition coefficient (Wildman–Crippen LogP) is 4.84. The number of rotatable bonds is 2. The monoisotopic (exact) mass is 460 g/mol. The van der Waals surface area contributed by atoms with E-state index in [2.05, 4.69) is 40.7 Å². The van der Waals surface area contributed by atoms with E-state index in [0.717, 1.165) is 19.3 Å². The molecule has 4 nitrogen and oxygen atoms in total. The van der Waals surface area contributed by atoms with Gasteiger partial charge in [0, 0.05) is 5.41 Å². The minimum absolute atomic E-state index is 0.0144. The topological polar surface area (TPSA) is 80.9 Å². The van der Waals surface area contributed by atoms with Crippen molar-refractivity contribution in [1.29, 1.82) is 0 Å². The van der Waals surface area contributed by atoms with Gasteiger partial charge in [-0.2, -0.15) is 0 Å². The van der Waals surface area contributed by atoms with Gasteiger partial charge in [0.2, 0.25) is 0 Å². The summed E-state index contributed by atoms with van der Waals surface area (Å²) >= 11 is 0. The Kier molecular flexibility index (Phi) is 5.38. The molecule has 4 N–H and O–H groups in total. The maximum atomic E-state index is 11.0. The molecule has 1 spiro atoms. The fourth-order valence-corrected chi connectivity index (χ4v) is 10.7. The Morgan fingerprint density at radius 1 is 0.879 bits per heavy atom. The number of aliphatic hydroxyl groups is 4. The van der Waals surface area contributed by atoms with Crippen molar-refractivity contribution in [1.82, 2.24) is 0 Å². The van der Waals surface area contributed by atoms with Gasteiger partial charge in [-0.05, 0) is 103 Å². The Labute approximate surface area is 200 Å². The lowest BCUT2D eigenvalue weighted by atomic mass is 9.34. The zero-order chi connectivity index (χ0) is 24.1. The van der Waals surface area contributed by atoms with Crippen LogP contribution in [-0.4, -0.2) is 45.8 Å². The van der Waals surface area contributed by atoms with E-state index in [-0.39, 0.29) is 35.4 Å². The minimum atomic E-state index is -1.07. The molecule has 0 heterocycles. The second-order valence-corrected chi connectivity index (χ2v) is 14.6. The van der Waals surface area contributed by atoms with E-state index in [1.807, 2.05) is 0 Å². The number of hydrogen-bond donors (Lipinski definition) is 4. The highest BCUT2D eigenvalue weighted by molar-refractivity contribution is 5.31. The molecule has 5 rings (SSSR count). The Morgan fingerprint density at radius 2 is 1.55 bits per heavy atom. The molecule has 8 unspecified atom stereocenters. The number of aliphatic hydroxyl groups excluding tert-OH is 4. The van der Waals surface area contributed by atoms with Gasteiger partial charge in [-0.15, -0.1) is 0 Å². The van der Waals surface area contributed by atoms with Crippen LogP contribution in [0.4, 0.5) is 0 Å². The lowest BCUT2D eigenvalue weighted by Gasteiger charge is -2.70. The van der Waals surface area contributed by atoms with Gasteiger partial charge in [0.15, 0.2) is 0 Å². The number of allylic oxidation sites excluding steroid dienone is 2. The average molecular weight is 461 g/mol. The Bertz CT molecular complexity index is 829. The Hall–Kier alpha value is -0.420. The van der Waals surface area contributed by atoms with E-state index in [4.69, 9.17) is 0 Å². The van der Waals surface area contributed by atoms with Crippen LogP contribution >= 0.6 is 0 Å². The lowest BCUT2D eigenvalue weighted by Crippen LogP contribution is -2.69. The summed E-state index contributed by atoms with van der Waals surface area (Å²) in [6.07, 6.45) is 12.0. The van der Waals surface area contributed by atoms with Crippen LogP contribution < -0.4 is 0 Å². The molecule has 8 atom stereocenters. The van der Waals surface area contributed by atoms with Gasteiger partial charge < -0.3 is 20.4 Å². The third-order valence-electron chi connectivity index (χ3n) is 12.7. The molecule has 0 aromatic carbocycles. The van der Waals surface area contributed by atoms with Gasteiger partial charge in [-0.25, -0.2) is 0 Å². The summed E-state index contributed by atoms with van der Waals surface area (Å²) in [4.78, 5) is 0. The molecular formula is C29H48O4. The van der Waals surface area contributed by atoms with Crippen molar-refractivity contribution in [2.75, 3.05) is 13.2 Å². The van der Waals surface area contributed by atoms with Gasteiger partial charge >= 0.3 is 0 Å². The van der Waals surface area contributed by atoms with E-state index in [1.165, 1.54) is 38.5 Å². The molecular weight excluding hydrogens is 412 g/mol. The van der Waals surface area contributed by atoms with Gasteiger partial charge in [0.1, 0.15) is 0 Å². The standard InChI is InChI=1S/C29H48O4/c1-24(2)10-12-28(16-24)13-11-26(4)19(14-28)6-7-21-25(3)15-20(32)23(33)29(17-30,18-31)22(25)8-9-27(21,26)5/h6,20-23,30-33H,7-18H2,1-5H3. The molecule has 0 bridgehead atoms. The van der Waals surface area contributed by atoms with E-state index in [0.29, 0.717) is 23.2 Å². The highest BCUT2D eigenvalue weighted by Gasteiger charge is 2.69. The zero-order valence-electron chi connectivity index (χ0n) is 21.7. The third kappa shape index (κ3) is 3.02. The maximum Gasteiger partial charge on any atom is 0.0902 e. The molecule has 0 aliphatic heterocycles. The van der Waals surface area contributed by atoms with Gasteiger partial charge in [0.25, 0.3) is 0 Å². The summed E-state index contributed by atoms with van der Waals surface area (Å²) in [5.41, 5.74) is 1.72. The van der Waals surface area contributed by atoms with Gasteiger partial charge in [-0.1, -0.05) is 46.3 Å². The Balaban J connectivity index is 1.53. The molecule has 4 saturated carbocycles. The van der Waals surface area contributed by atoms with Crippen molar-refractivity contribution in [2.45, 2.75) is 111 Å². The normalized spacial score (nSPS) is 52.6. The molecule has 0 aromatic heterocycles. The van der Waals surface area contributed by atoms with Crippen molar-refractivity contribution in [3.8, 4) is 0 Å². The van der Waals surface area contributed by atoms with Crippen molar-refractivity contribution in [2.24, 2.45) is 44.3 Å². The van der Waals surface area contributed by atoms with Crippen LogP contribution in [0, 0.1) is 44.3 Å². The highest BCUT2D eigenvalue weighted by atomic mass is 16.3. The minimum Gasteiger partial charge on any atom is -0.396 e. The van der Waals surface area contributed by atoms with Crippen LogP contribution in [0.15, 0.2) is 11.6 Å². The highest BCUT2D eigenvalue weighted by Crippen LogP contribution is 2.74. The number of hydrogen-bond acceptors (Lipinski definition) is 4. The average Bonchev–Trinajstić information content (AvgIpc) is 3.05. The predicted molar refractivity (Wildman–Crippen MR) is 130 cm³/mol. The summed E-state index contributed by atoms with van der Waals surface area (Å²) in [7, 11) is 0. The fraction of sp³-hybridized carbons (Fsp3) is 0.931. The molecule has 33 heavy (non-hydrogen) atoms. The fourth-order valence-electron chi connectivity index (χ4n) is 10.7. The zero-order valence-corrected chi connectivity index (χ0v) is 21.7. The van der Waals surface area contributed by atoms with Crippen LogP contribution in [-0.2, 0) is 0 Å². The van der Waals surface area contributed by atoms with E-state index < -0.39 is 17.6 Å². The van der Waals surface area contributed by atoms with Gasteiger partial charge in [-0.3, -0.25) is 0 Å².